The van der Waals surface area contributed by atoms with Crippen molar-refractivity contribution >= 4 is 54.0 Å². The number of Topliss-reactive ketones (excluding diaryl/α,β-unsaturated/α-hetero) is 1. The van der Waals surface area contributed by atoms with Crippen LogP contribution in [-0.4, -0.2) is 29.6 Å². The summed E-state index contributed by atoms with van der Waals surface area (Å²) in [4.78, 5) is 16.1. The first kappa shape index (κ1) is 38.2. The lowest BCUT2D eigenvalue weighted by molar-refractivity contribution is -0.113. The summed E-state index contributed by atoms with van der Waals surface area (Å²) in [7, 11) is -4.36. The van der Waals surface area contributed by atoms with Crippen LogP contribution >= 0.6 is 34.9 Å². The van der Waals surface area contributed by atoms with Crippen molar-refractivity contribution in [2.75, 3.05) is 7.11 Å². The lowest BCUT2D eigenvalue weighted by Gasteiger charge is -2.27. The van der Waals surface area contributed by atoms with Gasteiger partial charge in [0, 0.05) is 32.5 Å². The Balaban J connectivity index is 0.00000125. The van der Waals surface area contributed by atoms with Crippen molar-refractivity contribution in [3.8, 4) is 0 Å². The van der Waals surface area contributed by atoms with Crippen LogP contribution in [0.5, 0.6) is 0 Å². The number of carbonyl (C=O) groups excluding carboxylic acids is 1. The molecule has 1 aromatic heterocycles. The van der Waals surface area contributed by atoms with Gasteiger partial charge in [0.05, 0.1) is 18.3 Å². The molecule has 3 nitrogen and oxygen atoms in total. The Bertz CT molecular complexity index is 1340. The maximum atomic E-state index is 13.5. The minimum absolute atomic E-state index is 0.000691. The van der Waals surface area contributed by atoms with E-state index in [1.165, 1.54) is 9.75 Å². The average Bonchev–Trinajstić information content (AvgIpc) is 2.78. The molecule has 0 fully saturated rings. The minimum atomic E-state index is -6.00. The Morgan fingerprint density at radius 3 is 1.52 bits per heavy atom. The van der Waals surface area contributed by atoms with E-state index in [0.717, 1.165) is 21.3 Å². The summed E-state index contributed by atoms with van der Waals surface area (Å²) in [6, 6.07) is 4.42. The molecule has 0 unspecified atom stereocenters. The van der Waals surface area contributed by atoms with Gasteiger partial charge in [-0.15, -0.1) is 0 Å². The van der Waals surface area contributed by atoms with Gasteiger partial charge in [-0.3, -0.25) is 4.79 Å². The quantitative estimate of drug-likeness (QED) is 0.135. The van der Waals surface area contributed by atoms with E-state index >= 15 is 0 Å². The molecule has 2 aliphatic rings. The Kier molecular flexibility index (Phi) is 12.0. The van der Waals surface area contributed by atoms with Crippen LogP contribution in [0.2, 0.25) is 0 Å². The van der Waals surface area contributed by atoms with Crippen LogP contribution in [0, 0.1) is 0 Å². The van der Waals surface area contributed by atoms with Gasteiger partial charge in [-0.2, -0.15) is 0 Å². The number of hydrogen-bond donors (Lipinski definition) is 0. The predicted molar refractivity (Wildman–Crippen MR) is 183 cm³/mol. The highest BCUT2D eigenvalue weighted by molar-refractivity contribution is 8.05. The molecule has 1 aliphatic carbocycles. The number of ketones is 1. The Morgan fingerprint density at radius 1 is 0.773 bits per heavy atom. The van der Waals surface area contributed by atoms with Crippen molar-refractivity contribution in [1.29, 1.82) is 0 Å². The van der Waals surface area contributed by atoms with Crippen molar-refractivity contribution in [3.63, 3.8) is 0 Å². The number of ether oxygens (including phenoxy) is 2. The van der Waals surface area contributed by atoms with Crippen LogP contribution in [0.15, 0.2) is 63.0 Å². The van der Waals surface area contributed by atoms with E-state index in [-0.39, 0.29) is 26.1 Å². The predicted octanol–water partition coefficient (Wildman–Crippen LogP) is 11.5. The normalized spacial score (nSPS) is 17.3. The largest absolute Gasteiger partial charge is 0.673 e. The van der Waals surface area contributed by atoms with Gasteiger partial charge < -0.3 is 26.7 Å². The third kappa shape index (κ3) is 12.4. The molecule has 244 valence electrons. The summed E-state index contributed by atoms with van der Waals surface area (Å²) in [5.41, 5.74) is 3.22. The summed E-state index contributed by atoms with van der Waals surface area (Å²) in [5, 5.41) is 1.67. The van der Waals surface area contributed by atoms with Crippen molar-refractivity contribution < 1.29 is 31.5 Å². The van der Waals surface area contributed by atoms with E-state index < -0.39 is 7.25 Å². The van der Waals surface area contributed by atoms with Crippen molar-refractivity contribution in [2.24, 2.45) is 0 Å². The molecular weight excluding hydrogens is 627 g/mol. The minimum Gasteiger partial charge on any atom is -0.495 e. The molecule has 0 amide bonds. The van der Waals surface area contributed by atoms with E-state index in [1.807, 2.05) is 35.6 Å². The number of rotatable bonds is 5. The standard InChI is InChI=1S/C33H45O3S3.BF4/c1-30(2,3)24-16-20(17-25(37-24)31(4,5)6)14-22-28(34)23(29(22)35-13)15-21-18-26(38-32(7,8)9)36-27(19-21)39-33(10,11)12;2-1(3,4)5/h14-19H,1-13H3;/q+1;-1. The number of halogens is 4. The number of methoxy groups -OCH3 is 1. The zero-order chi connectivity index (χ0) is 34.1. The van der Waals surface area contributed by atoms with Crippen LogP contribution in [0.3, 0.4) is 0 Å². The van der Waals surface area contributed by atoms with Gasteiger partial charge in [0.1, 0.15) is 5.76 Å². The zero-order valence-corrected chi connectivity index (χ0v) is 30.5. The molecule has 44 heavy (non-hydrogen) atoms. The zero-order valence-electron chi connectivity index (χ0n) is 28.0. The second-order valence-corrected chi connectivity index (χ2v) is 19.3. The maximum absolute atomic E-state index is 13.5. The molecule has 0 N–H and O–H groups in total. The van der Waals surface area contributed by atoms with Gasteiger partial charge >= 0.3 is 7.25 Å². The van der Waals surface area contributed by atoms with Crippen LogP contribution in [0.1, 0.15) is 98.4 Å². The fourth-order valence-corrected chi connectivity index (χ4v) is 7.01. The van der Waals surface area contributed by atoms with Crippen molar-refractivity contribution in [3.05, 3.63) is 78.3 Å². The summed E-state index contributed by atoms with van der Waals surface area (Å²) in [5.74, 6) is 0.641. The van der Waals surface area contributed by atoms with Crippen molar-refractivity contribution in [2.45, 2.75) is 103 Å². The van der Waals surface area contributed by atoms with Crippen molar-refractivity contribution in [1.82, 2.24) is 0 Å². The van der Waals surface area contributed by atoms with E-state index in [1.54, 1.807) is 30.6 Å². The van der Waals surface area contributed by atoms with E-state index in [2.05, 4.69) is 95.2 Å². The third-order valence-electron chi connectivity index (χ3n) is 5.68. The monoisotopic (exact) mass is 672 g/mol. The van der Waals surface area contributed by atoms with Crippen LogP contribution in [0.25, 0.3) is 6.08 Å². The molecule has 0 aromatic carbocycles. The highest BCUT2D eigenvalue weighted by atomic mass is 32.2. The lowest BCUT2D eigenvalue weighted by Crippen LogP contribution is -2.22. The average molecular weight is 673 g/mol. The second kappa shape index (κ2) is 13.8. The molecule has 0 saturated carbocycles. The fraction of sp³-hybridized carbons (Fsp3) is 0.515. The molecule has 2 heterocycles. The number of thioether (sulfide) groups is 2. The molecular formula is C33H45BF4O3S3. The smallest absolute Gasteiger partial charge is 0.495 e. The first-order valence-electron chi connectivity index (χ1n) is 14.3. The highest BCUT2D eigenvalue weighted by Crippen LogP contribution is 2.43. The summed E-state index contributed by atoms with van der Waals surface area (Å²) in [6.07, 6.45) is 7.95. The third-order valence-corrected chi connectivity index (χ3v) is 9.61. The van der Waals surface area contributed by atoms with E-state index in [0.29, 0.717) is 16.9 Å². The summed E-state index contributed by atoms with van der Waals surface area (Å²) < 4.78 is 51.0. The highest BCUT2D eigenvalue weighted by Gasteiger charge is 2.36. The van der Waals surface area contributed by atoms with Crippen LogP contribution in [-0.2, 0) is 25.1 Å². The fourth-order valence-electron chi connectivity index (χ4n) is 3.85. The molecule has 1 aromatic rings. The number of hydrogen-bond acceptors (Lipinski definition) is 5. The number of allylic oxidation sites excluding steroid dienone is 6. The van der Waals surface area contributed by atoms with Gasteiger partial charge in [0.2, 0.25) is 26.9 Å². The van der Waals surface area contributed by atoms with Crippen LogP contribution < -0.4 is 0 Å². The van der Waals surface area contributed by atoms with Gasteiger partial charge in [0.15, 0.2) is 10.2 Å². The second-order valence-electron chi connectivity index (χ2n) is 14.6. The first-order valence-corrected chi connectivity index (χ1v) is 16.7. The molecule has 0 saturated heterocycles. The molecule has 0 atom stereocenters. The molecule has 0 radical (unpaired) electrons. The molecule has 11 heteroatoms. The summed E-state index contributed by atoms with van der Waals surface area (Å²) in [6.45, 7) is 26.4. The molecule has 0 bridgehead atoms. The first-order chi connectivity index (χ1) is 19.7. The SMILES string of the molecule is COC1=C(C=C2C=C(SC(C)(C)C)OC(SC(C)(C)C)=C2)C(=O)C1=Cc1cc(C(C)(C)C)[s+]c(C(C)(C)C)c1.F[B-](F)(F)F. The van der Waals surface area contributed by atoms with Gasteiger partial charge in [-0.1, -0.05) is 107 Å². The summed E-state index contributed by atoms with van der Waals surface area (Å²) >= 11 is 5.21. The van der Waals surface area contributed by atoms with E-state index in [4.69, 9.17) is 9.47 Å². The topological polar surface area (TPSA) is 35.5 Å². The van der Waals surface area contributed by atoms with Gasteiger partial charge in [-0.05, 0) is 35.4 Å². The van der Waals surface area contributed by atoms with E-state index in [9.17, 15) is 22.1 Å². The lowest BCUT2D eigenvalue weighted by atomic mass is 9.84. The Labute approximate surface area is 273 Å². The molecule has 3 rings (SSSR count). The maximum Gasteiger partial charge on any atom is 0.673 e. The van der Waals surface area contributed by atoms with Gasteiger partial charge in [-0.25, -0.2) is 0 Å². The molecule has 0 spiro atoms. The van der Waals surface area contributed by atoms with Gasteiger partial charge in [0.25, 0.3) is 0 Å². The Morgan fingerprint density at radius 2 is 1.18 bits per heavy atom. The number of carbonyl (C=O) groups is 1. The molecule has 1 aliphatic heterocycles. The Hall–Kier alpha value is -1.98. The van der Waals surface area contributed by atoms with Crippen LogP contribution in [0.4, 0.5) is 17.3 Å².